The van der Waals surface area contributed by atoms with Crippen molar-refractivity contribution in [1.82, 2.24) is 10.2 Å². The molecule has 1 fully saturated rings. The highest BCUT2D eigenvalue weighted by Gasteiger charge is 2.22. The first kappa shape index (κ1) is 15.2. The number of halogens is 1. The number of nitrogens with zero attached hydrogens (tertiary/aromatic N) is 2. The first-order valence-corrected chi connectivity index (χ1v) is 7.37. The monoisotopic (exact) mass is 297 g/mol. The maximum atomic E-state index is 10.8. The fraction of sp³-hybridized carbons (Fsp3) is 0.571. The second-order valence-electron chi connectivity index (χ2n) is 5.10. The van der Waals surface area contributed by atoms with E-state index in [2.05, 4.69) is 17.1 Å². The third kappa shape index (κ3) is 3.69. The molecule has 1 heterocycles. The van der Waals surface area contributed by atoms with Gasteiger partial charge in [0.1, 0.15) is 5.02 Å². The van der Waals surface area contributed by atoms with Gasteiger partial charge in [0.25, 0.3) is 5.69 Å². The van der Waals surface area contributed by atoms with Crippen LogP contribution in [0.3, 0.4) is 0 Å². The molecule has 1 aromatic rings. The maximum Gasteiger partial charge on any atom is 0.288 e. The van der Waals surface area contributed by atoms with Gasteiger partial charge in [-0.1, -0.05) is 24.6 Å². The number of nitro benzene ring substituents is 1. The number of likely N-dealkylation sites (N-methyl/N-ethyl adjacent to an activating group) is 1. The SMILES string of the molecule is CCN1CCCC1CNCc1ccc(Cl)c([N+](=O)[O-])c1. The fourth-order valence-electron chi connectivity index (χ4n) is 2.73. The lowest BCUT2D eigenvalue weighted by Gasteiger charge is -2.23. The summed E-state index contributed by atoms with van der Waals surface area (Å²) in [5.41, 5.74) is 0.865. The van der Waals surface area contributed by atoms with Crippen LogP contribution in [0.15, 0.2) is 18.2 Å². The van der Waals surface area contributed by atoms with Crippen molar-refractivity contribution >= 4 is 17.3 Å². The fourth-order valence-corrected chi connectivity index (χ4v) is 2.92. The van der Waals surface area contributed by atoms with E-state index >= 15 is 0 Å². The Balaban J connectivity index is 1.88. The van der Waals surface area contributed by atoms with Gasteiger partial charge in [-0.25, -0.2) is 0 Å². The van der Waals surface area contributed by atoms with Crippen LogP contribution in [0.25, 0.3) is 0 Å². The Kier molecular flexibility index (Phi) is 5.34. The van der Waals surface area contributed by atoms with Crippen LogP contribution >= 0.6 is 11.6 Å². The summed E-state index contributed by atoms with van der Waals surface area (Å²) >= 11 is 5.80. The lowest BCUT2D eigenvalue weighted by molar-refractivity contribution is -0.384. The molecule has 1 N–H and O–H groups in total. The predicted octanol–water partition coefficient (Wildman–Crippen LogP) is 2.82. The molecular weight excluding hydrogens is 278 g/mol. The van der Waals surface area contributed by atoms with Crippen molar-refractivity contribution in [2.75, 3.05) is 19.6 Å². The summed E-state index contributed by atoms with van der Waals surface area (Å²) in [5, 5.41) is 14.4. The molecule has 0 amide bonds. The molecule has 2 rings (SSSR count). The average molecular weight is 298 g/mol. The van der Waals surface area contributed by atoms with E-state index in [4.69, 9.17) is 11.6 Å². The second kappa shape index (κ2) is 7.02. The van der Waals surface area contributed by atoms with Gasteiger partial charge in [0, 0.05) is 25.2 Å². The van der Waals surface area contributed by atoms with E-state index in [1.807, 2.05) is 6.07 Å². The smallest absolute Gasteiger partial charge is 0.288 e. The molecule has 1 aromatic carbocycles. The van der Waals surface area contributed by atoms with Gasteiger partial charge in [-0.2, -0.15) is 0 Å². The average Bonchev–Trinajstić information content (AvgIpc) is 2.88. The Morgan fingerprint density at radius 3 is 3.05 bits per heavy atom. The van der Waals surface area contributed by atoms with E-state index in [0.29, 0.717) is 12.6 Å². The number of hydrogen-bond donors (Lipinski definition) is 1. The number of rotatable bonds is 6. The quantitative estimate of drug-likeness (QED) is 0.648. The molecule has 20 heavy (non-hydrogen) atoms. The van der Waals surface area contributed by atoms with Crippen LogP contribution in [0.2, 0.25) is 5.02 Å². The number of likely N-dealkylation sites (tertiary alicyclic amines) is 1. The van der Waals surface area contributed by atoms with Gasteiger partial charge in [-0.3, -0.25) is 15.0 Å². The normalized spacial score (nSPS) is 19.4. The summed E-state index contributed by atoms with van der Waals surface area (Å²) in [6.45, 7) is 5.99. The number of nitrogens with one attached hydrogen (secondary N) is 1. The lowest BCUT2D eigenvalue weighted by atomic mass is 10.2. The van der Waals surface area contributed by atoms with Gasteiger partial charge >= 0.3 is 0 Å². The summed E-state index contributed by atoms with van der Waals surface area (Å²) in [7, 11) is 0. The molecule has 1 unspecified atom stereocenters. The summed E-state index contributed by atoms with van der Waals surface area (Å²) in [6.07, 6.45) is 2.48. The van der Waals surface area contributed by atoms with E-state index in [0.717, 1.165) is 18.7 Å². The molecule has 0 radical (unpaired) electrons. The molecule has 6 heteroatoms. The first-order valence-electron chi connectivity index (χ1n) is 6.99. The van der Waals surface area contributed by atoms with E-state index in [1.165, 1.54) is 19.4 Å². The molecule has 0 bridgehead atoms. The van der Waals surface area contributed by atoms with Crippen molar-refractivity contribution < 1.29 is 4.92 Å². The van der Waals surface area contributed by atoms with Crippen molar-refractivity contribution in [3.8, 4) is 0 Å². The van der Waals surface area contributed by atoms with Crippen molar-refractivity contribution in [2.45, 2.75) is 32.4 Å². The zero-order valence-electron chi connectivity index (χ0n) is 11.6. The molecule has 0 aliphatic carbocycles. The molecular formula is C14H20ClN3O2. The van der Waals surface area contributed by atoms with Crippen LogP contribution < -0.4 is 5.32 Å². The largest absolute Gasteiger partial charge is 0.311 e. The lowest BCUT2D eigenvalue weighted by Crippen LogP contribution is -2.37. The minimum Gasteiger partial charge on any atom is -0.311 e. The maximum absolute atomic E-state index is 10.8. The second-order valence-corrected chi connectivity index (χ2v) is 5.51. The van der Waals surface area contributed by atoms with Gasteiger partial charge in [0.2, 0.25) is 0 Å². The van der Waals surface area contributed by atoms with Crippen LogP contribution in [0, 0.1) is 10.1 Å². The van der Waals surface area contributed by atoms with Crippen molar-refractivity contribution in [1.29, 1.82) is 0 Å². The van der Waals surface area contributed by atoms with Gasteiger partial charge < -0.3 is 5.32 Å². The zero-order chi connectivity index (χ0) is 14.5. The van der Waals surface area contributed by atoms with Crippen LogP contribution in [0.4, 0.5) is 5.69 Å². The number of benzene rings is 1. The van der Waals surface area contributed by atoms with Crippen LogP contribution in [0.1, 0.15) is 25.3 Å². The molecule has 1 atom stereocenters. The van der Waals surface area contributed by atoms with Crippen molar-refractivity contribution in [2.24, 2.45) is 0 Å². The van der Waals surface area contributed by atoms with Crippen molar-refractivity contribution in [3.05, 3.63) is 38.9 Å². The third-order valence-electron chi connectivity index (χ3n) is 3.82. The molecule has 5 nitrogen and oxygen atoms in total. The molecule has 1 saturated heterocycles. The number of nitro groups is 1. The highest BCUT2D eigenvalue weighted by molar-refractivity contribution is 6.32. The van der Waals surface area contributed by atoms with Gasteiger partial charge in [0.15, 0.2) is 0 Å². The summed E-state index contributed by atoms with van der Waals surface area (Å²) in [6, 6.07) is 5.54. The Morgan fingerprint density at radius 2 is 2.35 bits per heavy atom. The molecule has 110 valence electrons. The van der Waals surface area contributed by atoms with Crippen LogP contribution in [-0.4, -0.2) is 35.5 Å². The molecule has 1 aliphatic heterocycles. The molecule has 0 saturated carbocycles. The Morgan fingerprint density at radius 1 is 1.55 bits per heavy atom. The van der Waals surface area contributed by atoms with Crippen molar-refractivity contribution in [3.63, 3.8) is 0 Å². The topological polar surface area (TPSA) is 58.4 Å². The minimum absolute atomic E-state index is 0.0259. The summed E-state index contributed by atoms with van der Waals surface area (Å²) in [5.74, 6) is 0. The highest BCUT2D eigenvalue weighted by atomic mass is 35.5. The van der Waals surface area contributed by atoms with Gasteiger partial charge in [0.05, 0.1) is 4.92 Å². The zero-order valence-corrected chi connectivity index (χ0v) is 12.4. The highest BCUT2D eigenvalue weighted by Crippen LogP contribution is 2.25. The summed E-state index contributed by atoms with van der Waals surface area (Å²) < 4.78 is 0. The molecule has 1 aliphatic rings. The van der Waals surface area contributed by atoms with Crippen LogP contribution in [0.5, 0.6) is 0 Å². The van der Waals surface area contributed by atoms with E-state index < -0.39 is 4.92 Å². The van der Waals surface area contributed by atoms with E-state index in [9.17, 15) is 10.1 Å². The Bertz CT molecular complexity index is 481. The Hall–Kier alpha value is -1.17. The summed E-state index contributed by atoms with van der Waals surface area (Å²) in [4.78, 5) is 12.9. The molecule has 0 aromatic heterocycles. The minimum atomic E-state index is -0.443. The Labute approximate surface area is 124 Å². The number of hydrogen-bond acceptors (Lipinski definition) is 4. The third-order valence-corrected chi connectivity index (χ3v) is 4.14. The molecule has 0 spiro atoms. The van der Waals surface area contributed by atoms with Gasteiger partial charge in [-0.05, 0) is 37.6 Å². The van der Waals surface area contributed by atoms with Gasteiger partial charge in [-0.15, -0.1) is 0 Å². The van der Waals surface area contributed by atoms with E-state index in [-0.39, 0.29) is 10.7 Å². The first-order chi connectivity index (χ1) is 9.61. The van der Waals surface area contributed by atoms with E-state index in [1.54, 1.807) is 12.1 Å². The van der Waals surface area contributed by atoms with Crippen LogP contribution in [-0.2, 0) is 6.54 Å². The predicted molar refractivity (Wildman–Crippen MR) is 80.1 cm³/mol. The standard InChI is InChI=1S/C14H20ClN3O2/c1-2-17-7-3-4-12(17)10-16-9-11-5-6-13(15)14(8-11)18(19)20/h5-6,8,12,16H,2-4,7,9-10H2,1H3.